The number of hydrogen-bond donors (Lipinski definition) is 3. The number of rotatable bonds is 7. The second-order valence-electron chi connectivity index (χ2n) is 10.7. The van der Waals surface area contributed by atoms with Crippen LogP contribution in [0.15, 0.2) is 41.8 Å². The molecule has 192 valence electrons. The summed E-state index contributed by atoms with van der Waals surface area (Å²) < 4.78 is 1.79. The highest BCUT2D eigenvalue weighted by atomic mass is 15.3. The third-order valence-corrected chi connectivity index (χ3v) is 8.72. The lowest BCUT2D eigenvalue weighted by atomic mass is 9.82. The van der Waals surface area contributed by atoms with Gasteiger partial charge in [0.05, 0.1) is 17.6 Å². The molecular formula is C28H35N9. The topological polar surface area (TPSA) is 135 Å². The highest BCUT2D eigenvalue weighted by molar-refractivity contribution is 5.99. The van der Waals surface area contributed by atoms with Gasteiger partial charge in [-0.3, -0.25) is 10.4 Å². The molecule has 9 nitrogen and oxygen atoms in total. The summed E-state index contributed by atoms with van der Waals surface area (Å²) in [7, 11) is 0. The minimum Gasteiger partial charge on any atom is -0.383 e. The van der Waals surface area contributed by atoms with Crippen molar-refractivity contribution < 1.29 is 0 Å². The first-order chi connectivity index (χ1) is 18.0. The zero-order chi connectivity index (χ0) is 25.7. The summed E-state index contributed by atoms with van der Waals surface area (Å²) in [5, 5.41) is 11.9. The number of amidine groups is 1. The van der Waals surface area contributed by atoms with Gasteiger partial charge in [-0.15, -0.1) is 0 Å². The van der Waals surface area contributed by atoms with Gasteiger partial charge in [0.15, 0.2) is 5.65 Å². The Morgan fingerprint density at radius 3 is 2.51 bits per heavy atom. The fourth-order valence-electron chi connectivity index (χ4n) is 6.60. The molecule has 2 saturated heterocycles. The van der Waals surface area contributed by atoms with Crippen LogP contribution >= 0.6 is 0 Å². The molecule has 3 fully saturated rings. The Morgan fingerprint density at radius 1 is 1.16 bits per heavy atom. The third kappa shape index (κ3) is 3.88. The Balaban J connectivity index is 1.34. The number of nitrogen functional groups attached to an aromatic ring is 1. The Morgan fingerprint density at radius 2 is 1.92 bits per heavy atom. The highest BCUT2D eigenvalue weighted by Gasteiger charge is 2.43. The fraction of sp³-hybridized carbons (Fsp3) is 0.464. The Bertz CT molecular complexity index is 1370. The molecular weight excluding hydrogens is 462 g/mol. The van der Waals surface area contributed by atoms with Crippen LogP contribution in [-0.4, -0.2) is 48.7 Å². The van der Waals surface area contributed by atoms with E-state index in [0.29, 0.717) is 35.6 Å². The number of nitrogens with zero attached hydrogens (tertiary/aromatic N) is 6. The molecule has 1 aliphatic carbocycles. The smallest absolute Gasteiger partial charge is 0.165 e. The van der Waals surface area contributed by atoms with Gasteiger partial charge >= 0.3 is 0 Å². The predicted octanol–water partition coefficient (Wildman–Crippen LogP) is 4.39. The minimum atomic E-state index is 0.298. The van der Waals surface area contributed by atoms with Gasteiger partial charge in [0.1, 0.15) is 18.0 Å². The van der Waals surface area contributed by atoms with E-state index in [0.717, 1.165) is 72.2 Å². The molecule has 3 aliphatic rings. The van der Waals surface area contributed by atoms with Gasteiger partial charge < -0.3 is 16.4 Å². The number of anilines is 1. The first-order valence-corrected chi connectivity index (χ1v) is 13.4. The van der Waals surface area contributed by atoms with Gasteiger partial charge in [0.25, 0.3) is 0 Å². The van der Waals surface area contributed by atoms with Crippen molar-refractivity contribution in [3.05, 3.63) is 53.8 Å². The van der Waals surface area contributed by atoms with Crippen LogP contribution in [0.3, 0.4) is 0 Å². The van der Waals surface area contributed by atoms with Crippen LogP contribution in [0, 0.1) is 5.41 Å². The molecule has 2 unspecified atom stereocenters. The van der Waals surface area contributed by atoms with E-state index in [4.69, 9.17) is 26.8 Å². The van der Waals surface area contributed by atoms with Crippen molar-refractivity contribution in [3.63, 3.8) is 0 Å². The van der Waals surface area contributed by atoms with Crippen molar-refractivity contribution in [2.45, 2.75) is 82.2 Å². The molecule has 0 spiro atoms. The lowest BCUT2D eigenvalue weighted by Crippen LogP contribution is -2.44. The molecule has 0 amide bonds. The number of hydrogen-bond acceptors (Lipinski definition) is 6. The third-order valence-electron chi connectivity index (χ3n) is 8.72. The van der Waals surface area contributed by atoms with Crippen molar-refractivity contribution >= 4 is 23.6 Å². The van der Waals surface area contributed by atoms with Crippen LogP contribution in [0.1, 0.15) is 80.7 Å². The number of nitrogens with one attached hydrogen (secondary N) is 1. The lowest BCUT2D eigenvalue weighted by molar-refractivity contribution is 0.177. The zero-order valence-electron chi connectivity index (χ0n) is 21.4. The normalized spacial score (nSPS) is 23.9. The molecule has 37 heavy (non-hydrogen) atoms. The average Bonchev–Trinajstić information content (AvgIpc) is 3.41. The molecule has 0 aromatic carbocycles. The van der Waals surface area contributed by atoms with Crippen LogP contribution in [0.4, 0.5) is 5.82 Å². The summed E-state index contributed by atoms with van der Waals surface area (Å²) >= 11 is 0. The zero-order valence-corrected chi connectivity index (χ0v) is 21.4. The van der Waals surface area contributed by atoms with Crippen molar-refractivity contribution in [2.24, 2.45) is 10.7 Å². The van der Waals surface area contributed by atoms with Crippen LogP contribution in [-0.2, 0) is 6.42 Å². The first-order valence-electron chi connectivity index (χ1n) is 13.4. The van der Waals surface area contributed by atoms with Gasteiger partial charge in [-0.25, -0.2) is 9.98 Å². The van der Waals surface area contributed by atoms with Crippen LogP contribution in [0.5, 0.6) is 0 Å². The number of pyridine rings is 1. The maximum absolute atomic E-state index is 7.26. The summed E-state index contributed by atoms with van der Waals surface area (Å²) in [5.74, 6) is 1.90. The lowest BCUT2D eigenvalue weighted by Gasteiger charge is -2.41. The van der Waals surface area contributed by atoms with Gasteiger partial charge in [-0.05, 0) is 51.0 Å². The van der Waals surface area contributed by atoms with E-state index < -0.39 is 0 Å². The highest BCUT2D eigenvalue weighted by Crippen LogP contribution is 2.46. The summed E-state index contributed by atoms with van der Waals surface area (Å²) in [6, 6.07) is 4.95. The molecule has 9 heteroatoms. The summed E-state index contributed by atoms with van der Waals surface area (Å²) in [5.41, 5.74) is 19.7. The van der Waals surface area contributed by atoms with Crippen LogP contribution in [0.25, 0.3) is 16.8 Å². The van der Waals surface area contributed by atoms with Crippen LogP contribution < -0.4 is 11.5 Å². The molecule has 2 bridgehead atoms. The van der Waals surface area contributed by atoms with Crippen molar-refractivity contribution in [1.29, 1.82) is 5.41 Å². The molecule has 0 radical (unpaired) electrons. The summed E-state index contributed by atoms with van der Waals surface area (Å²) in [4.78, 5) is 16.3. The molecule has 5 N–H and O–H groups in total. The Hall–Kier alpha value is -3.75. The van der Waals surface area contributed by atoms with E-state index in [1.165, 1.54) is 25.0 Å². The molecule has 3 aromatic rings. The number of nitrogens with two attached hydrogens (primary N) is 2. The standard InChI is InChI=1S/C28H35N9/c1-3-22-25(19-11-20-8-9-21(12-19)36(20)16(2)26(30)33-15-29)35-28-23(14-34-37(28)27(22)31)18-7-10-24(32-13-18)17-5-4-6-17/h7,10,13-15,17,19-21H,2-6,8-9,11-12,31H2,1H3,(H3,29,30,33). The predicted molar refractivity (Wildman–Crippen MR) is 147 cm³/mol. The van der Waals surface area contributed by atoms with Gasteiger partial charge in [0, 0.05) is 52.5 Å². The van der Waals surface area contributed by atoms with Gasteiger partial charge in [0.2, 0.25) is 0 Å². The molecule has 1 saturated carbocycles. The molecule has 3 aromatic heterocycles. The molecule has 2 aliphatic heterocycles. The van der Waals surface area contributed by atoms with E-state index in [2.05, 4.69) is 40.6 Å². The molecule has 2 atom stereocenters. The van der Waals surface area contributed by atoms with E-state index in [1.807, 2.05) is 12.4 Å². The maximum atomic E-state index is 7.26. The second-order valence-corrected chi connectivity index (χ2v) is 10.7. The van der Waals surface area contributed by atoms with Gasteiger partial charge in [-0.2, -0.15) is 9.61 Å². The first kappa shape index (κ1) is 23.6. The van der Waals surface area contributed by atoms with Gasteiger partial charge in [-0.1, -0.05) is 26.0 Å². The maximum Gasteiger partial charge on any atom is 0.165 e. The van der Waals surface area contributed by atoms with E-state index in [1.54, 1.807) is 4.52 Å². The van der Waals surface area contributed by atoms with Crippen molar-refractivity contribution in [3.8, 4) is 11.1 Å². The molecule has 5 heterocycles. The van der Waals surface area contributed by atoms with E-state index >= 15 is 0 Å². The minimum absolute atomic E-state index is 0.298. The number of aliphatic imine (C=N–C) groups is 1. The van der Waals surface area contributed by atoms with Crippen molar-refractivity contribution in [1.82, 2.24) is 24.5 Å². The monoisotopic (exact) mass is 497 g/mol. The Kier molecular flexibility index (Phi) is 5.93. The fourth-order valence-corrected chi connectivity index (χ4v) is 6.60. The Labute approximate surface area is 217 Å². The quantitative estimate of drug-likeness (QED) is 0.327. The van der Waals surface area contributed by atoms with Crippen LogP contribution in [0.2, 0.25) is 0 Å². The molecule has 6 rings (SSSR count). The van der Waals surface area contributed by atoms with E-state index in [-0.39, 0.29) is 0 Å². The van der Waals surface area contributed by atoms with Crippen molar-refractivity contribution in [2.75, 3.05) is 5.73 Å². The number of aromatic nitrogens is 4. The SMILES string of the molecule is C=C(C(N)=NC=N)N1C2CCC1CC(c1nc3c(-c4ccc(C5CCC5)nc4)cnn3c(N)c1CC)C2. The average molecular weight is 498 g/mol. The number of piperidine rings is 1. The second kappa shape index (κ2) is 9.28. The largest absolute Gasteiger partial charge is 0.383 e. The van der Waals surface area contributed by atoms with E-state index in [9.17, 15) is 0 Å². The number of fused-ring (bicyclic) bond motifs is 3. The summed E-state index contributed by atoms with van der Waals surface area (Å²) in [6.07, 6.45) is 13.5. The summed E-state index contributed by atoms with van der Waals surface area (Å²) in [6.45, 7) is 6.34.